The van der Waals surface area contributed by atoms with Crippen LogP contribution < -0.4 is 4.72 Å². The minimum absolute atomic E-state index is 0.316. The molecular weight excluding hydrogens is 332 g/mol. The van der Waals surface area contributed by atoms with Crippen molar-refractivity contribution in [3.05, 3.63) is 64.8 Å². The van der Waals surface area contributed by atoms with Gasteiger partial charge in [-0.2, -0.15) is 0 Å². The van der Waals surface area contributed by atoms with E-state index in [9.17, 15) is 8.42 Å². The van der Waals surface area contributed by atoms with Crippen molar-refractivity contribution in [3.8, 4) is 0 Å². The lowest BCUT2D eigenvalue weighted by atomic mass is 10.1. The highest BCUT2D eigenvalue weighted by Gasteiger charge is 2.14. The first kappa shape index (κ1) is 17.7. The van der Waals surface area contributed by atoms with Crippen molar-refractivity contribution in [2.45, 2.75) is 38.5 Å². The summed E-state index contributed by atoms with van der Waals surface area (Å²) < 4.78 is 27.6. The minimum atomic E-state index is -3.47. The third-order valence-electron chi connectivity index (χ3n) is 4.58. The molecule has 0 radical (unpaired) electrons. The standard InChI is InChI=1S/C20H24N2O2S/c1-4-16-6-8-17(9-7-16)25(23,24)21-12-11-18-15(3)22-20-10-5-14(2)13-19(18)20/h5-10,13,21-22H,4,11-12H2,1-3H3. The van der Waals surface area contributed by atoms with E-state index in [1.54, 1.807) is 12.1 Å². The van der Waals surface area contributed by atoms with Crippen LogP contribution in [0.1, 0.15) is 29.3 Å². The molecule has 0 aliphatic rings. The highest BCUT2D eigenvalue weighted by Crippen LogP contribution is 2.23. The minimum Gasteiger partial charge on any atom is -0.358 e. The number of rotatable bonds is 6. The van der Waals surface area contributed by atoms with Gasteiger partial charge in [-0.15, -0.1) is 0 Å². The number of aromatic amines is 1. The molecule has 0 amide bonds. The normalized spacial score (nSPS) is 12.0. The average molecular weight is 356 g/mol. The molecule has 5 heteroatoms. The molecule has 0 aliphatic heterocycles. The summed E-state index contributed by atoms with van der Waals surface area (Å²) >= 11 is 0. The van der Waals surface area contributed by atoms with Gasteiger partial charge in [0.05, 0.1) is 4.90 Å². The summed E-state index contributed by atoms with van der Waals surface area (Å²) in [7, 11) is -3.47. The first-order valence-electron chi connectivity index (χ1n) is 8.57. The molecule has 2 aromatic carbocycles. The number of hydrogen-bond acceptors (Lipinski definition) is 2. The van der Waals surface area contributed by atoms with Gasteiger partial charge in [0.15, 0.2) is 0 Å². The average Bonchev–Trinajstić information content (AvgIpc) is 2.90. The maximum Gasteiger partial charge on any atom is 0.240 e. The van der Waals surface area contributed by atoms with Gasteiger partial charge in [0.25, 0.3) is 0 Å². The second-order valence-electron chi connectivity index (χ2n) is 6.42. The molecule has 0 saturated heterocycles. The van der Waals surface area contributed by atoms with Gasteiger partial charge in [-0.05, 0) is 62.1 Å². The second-order valence-corrected chi connectivity index (χ2v) is 8.19. The Balaban J connectivity index is 1.74. The number of fused-ring (bicyclic) bond motifs is 1. The smallest absolute Gasteiger partial charge is 0.240 e. The molecular formula is C20H24N2O2S. The predicted octanol–water partition coefficient (Wildman–Crippen LogP) is 3.87. The first-order chi connectivity index (χ1) is 11.9. The zero-order valence-corrected chi connectivity index (χ0v) is 15.7. The fraction of sp³-hybridized carbons (Fsp3) is 0.300. The highest BCUT2D eigenvalue weighted by molar-refractivity contribution is 7.89. The number of H-pyrrole nitrogens is 1. The van der Waals surface area contributed by atoms with Crippen LogP contribution in [0.2, 0.25) is 0 Å². The molecule has 4 nitrogen and oxygen atoms in total. The van der Waals surface area contributed by atoms with Crippen molar-refractivity contribution in [1.82, 2.24) is 9.71 Å². The van der Waals surface area contributed by atoms with Gasteiger partial charge >= 0.3 is 0 Å². The van der Waals surface area contributed by atoms with E-state index in [-0.39, 0.29) is 0 Å². The van der Waals surface area contributed by atoms with E-state index in [2.05, 4.69) is 34.8 Å². The number of aromatic nitrogens is 1. The van der Waals surface area contributed by atoms with Crippen molar-refractivity contribution < 1.29 is 8.42 Å². The van der Waals surface area contributed by atoms with Crippen LogP contribution in [0, 0.1) is 13.8 Å². The van der Waals surface area contributed by atoms with Gasteiger partial charge in [-0.25, -0.2) is 13.1 Å². The Hall–Kier alpha value is -2.11. The Kier molecular flexibility index (Phi) is 4.97. The molecule has 3 rings (SSSR count). The van der Waals surface area contributed by atoms with Gasteiger partial charge in [0.2, 0.25) is 10.0 Å². The summed E-state index contributed by atoms with van der Waals surface area (Å²) in [5.74, 6) is 0. The number of aryl methyl sites for hydroxylation is 3. The molecule has 132 valence electrons. The van der Waals surface area contributed by atoms with Crippen molar-refractivity contribution >= 4 is 20.9 Å². The summed E-state index contributed by atoms with van der Waals surface area (Å²) in [6.07, 6.45) is 1.55. The van der Waals surface area contributed by atoms with Crippen LogP contribution in [0.3, 0.4) is 0 Å². The molecule has 0 aliphatic carbocycles. The van der Waals surface area contributed by atoms with E-state index in [0.717, 1.165) is 23.2 Å². The third-order valence-corrected chi connectivity index (χ3v) is 6.06. The number of hydrogen-bond donors (Lipinski definition) is 2. The second kappa shape index (κ2) is 7.02. The number of nitrogens with one attached hydrogen (secondary N) is 2. The van der Waals surface area contributed by atoms with Gasteiger partial charge in [0, 0.05) is 23.1 Å². The lowest BCUT2D eigenvalue weighted by Crippen LogP contribution is -2.26. The van der Waals surface area contributed by atoms with Gasteiger partial charge in [0.1, 0.15) is 0 Å². The van der Waals surface area contributed by atoms with E-state index in [0.29, 0.717) is 17.9 Å². The zero-order chi connectivity index (χ0) is 18.0. The largest absolute Gasteiger partial charge is 0.358 e. The van der Waals surface area contributed by atoms with Crippen molar-refractivity contribution in [1.29, 1.82) is 0 Å². The van der Waals surface area contributed by atoms with Crippen molar-refractivity contribution in [3.63, 3.8) is 0 Å². The molecule has 0 atom stereocenters. The van der Waals surface area contributed by atoms with Crippen molar-refractivity contribution in [2.75, 3.05) is 6.54 Å². The summed E-state index contributed by atoms with van der Waals surface area (Å²) in [6.45, 7) is 6.52. The highest BCUT2D eigenvalue weighted by atomic mass is 32.2. The van der Waals surface area contributed by atoms with Crippen LogP contribution in [-0.4, -0.2) is 19.9 Å². The summed E-state index contributed by atoms with van der Waals surface area (Å²) in [6, 6.07) is 13.3. The molecule has 3 aromatic rings. The lowest BCUT2D eigenvalue weighted by molar-refractivity contribution is 0.581. The van der Waals surface area contributed by atoms with Crippen LogP contribution >= 0.6 is 0 Å². The molecule has 1 heterocycles. The quantitative estimate of drug-likeness (QED) is 0.704. The molecule has 2 N–H and O–H groups in total. The molecule has 0 spiro atoms. The summed E-state index contributed by atoms with van der Waals surface area (Å²) in [5, 5.41) is 1.17. The predicted molar refractivity (Wildman–Crippen MR) is 102 cm³/mol. The molecule has 0 fully saturated rings. The Morgan fingerprint density at radius 1 is 1.04 bits per heavy atom. The van der Waals surface area contributed by atoms with Crippen LogP contribution in [0.5, 0.6) is 0 Å². The van der Waals surface area contributed by atoms with E-state index in [4.69, 9.17) is 0 Å². The summed E-state index contributed by atoms with van der Waals surface area (Å²) in [4.78, 5) is 3.68. The van der Waals surface area contributed by atoms with Gasteiger partial charge < -0.3 is 4.98 Å². The van der Waals surface area contributed by atoms with E-state index >= 15 is 0 Å². The molecule has 0 unspecified atom stereocenters. The SMILES string of the molecule is CCc1ccc(S(=O)(=O)NCCc2c(C)[nH]c3ccc(C)cc23)cc1. The Labute approximate surface area is 149 Å². The van der Waals surface area contributed by atoms with Crippen LogP contribution in [0.4, 0.5) is 0 Å². The fourth-order valence-electron chi connectivity index (χ4n) is 3.12. The lowest BCUT2D eigenvalue weighted by Gasteiger charge is -2.08. The first-order valence-corrected chi connectivity index (χ1v) is 10.1. The topological polar surface area (TPSA) is 62.0 Å². The van der Waals surface area contributed by atoms with Gasteiger partial charge in [-0.1, -0.05) is 30.7 Å². The number of benzene rings is 2. The maximum atomic E-state index is 12.4. The van der Waals surface area contributed by atoms with Crippen LogP contribution in [0.15, 0.2) is 47.4 Å². The van der Waals surface area contributed by atoms with E-state index in [1.165, 1.54) is 16.5 Å². The van der Waals surface area contributed by atoms with E-state index in [1.807, 2.05) is 26.0 Å². The number of sulfonamides is 1. The van der Waals surface area contributed by atoms with Gasteiger partial charge in [-0.3, -0.25) is 0 Å². The van der Waals surface area contributed by atoms with E-state index < -0.39 is 10.0 Å². The molecule has 25 heavy (non-hydrogen) atoms. The fourth-order valence-corrected chi connectivity index (χ4v) is 4.15. The van der Waals surface area contributed by atoms with Crippen molar-refractivity contribution in [2.24, 2.45) is 0 Å². The maximum absolute atomic E-state index is 12.4. The Bertz CT molecular complexity index is 986. The molecule has 0 saturated carbocycles. The Morgan fingerprint density at radius 3 is 2.44 bits per heavy atom. The Morgan fingerprint density at radius 2 is 1.76 bits per heavy atom. The summed E-state index contributed by atoms with van der Waals surface area (Å²) in [5.41, 5.74) is 5.68. The van der Waals surface area contributed by atoms with Crippen LogP contribution in [-0.2, 0) is 22.9 Å². The van der Waals surface area contributed by atoms with Crippen LogP contribution in [0.25, 0.3) is 10.9 Å². The monoisotopic (exact) mass is 356 g/mol. The molecule has 0 bridgehead atoms. The molecule has 1 aromatic heterocycles. The third kappa shape index (κ3) is 3.78. The zero-order valence-electron chi connectivity index (χ0n) is 14.9.